The van der Waals surface area contributed by atoms with E-state index < -0.39 is 0 Å². The van der Waals surface area contributed by atoms with Crippen LogP contribution in [0.25, 0.3) is 0 Å². The van der Waals surface area contributed by atoms with E-state index in [0.717, 1.165) is 31.7 Å². The minimum absolute atomic E-state index is 0.217. The number of aromatic hydroxyl groups is 1. The Balaban J connectivity index is 1.43. The van der Waals surface area contributed by atoms with Gasteiger partial charge < -0.3 is 9.84 Å². The number of rotatable bonds is 5. The van der Waals surface area contributed by atoms with Crippen LogP contribution in [0.4, 0.5) is 0 Å². The van der Waals surface area contributed by atoms with E-state index in [4.69, 9.17) is 4.74 Å². The molecule has 0 spiro atoms. The number of benzene rings is 2. The summed E-state index contributed by atoms with van der Waals surface area (Å²) in [4.78, 5) is 2.52. The van der Waals surface area contributed by atoms with Crippen LogP contribution in [0, 0.1) is 12.8 Å². The molecule has 0 aliphatic carbocycles. The predicted molar refractivity (Wildman–Crippen MR) is 112 cm³/mol. The molecule has 2 aliphatic rings. The molecule has 0 aromatic heterocycles. The van der Waals surface area contributed by atoms with Gasteiger partial charge in [-0.05, 0) is 55.5 Å². The highest BCUT2D eigenvalue weighted by atomic mass is 16.5. The average Bonchev–Trinajstić information content (AvgIpc) is 3.18. The Morgan fingerprint density at radius 3 is 2.89 bits per heavy atom. The van der Waals surface area contributed by atoms with Gasteiger partial charge in [0, 0.05) is 31.6 Å². The first-order chi connectivity index (χ1) is 13.6. The molecule has 2 aromatic rings. The zero-order valence-corrected chi connectivity index (χ0v) is 16.8. The van der Waals surface area contributed by atoms with Gasteiger partial charge in [0.25, 0.3) is 0 Å². The Morgan fingerprint density at radius 2 is 2.11 bits per heavy atom. The van der Waals surface area contributed by atoms with E-state index in [1.165, 1.54) is 24.0 Å². The molecule has 28 heavy (non-hydrogen) atoms. The molecule has 3 N–H and O–H groups in total. The third kappa shape index (κ3) is 4.17. The number of aryl methyl sites for hydroxylation is 1. The quantitative estimate of drug-likeness (QED) is 0.743. The van der Waals surface area contributed by atoms with E-state index >= 15 is 0 Å². The van der Waals surface area contributed by atoms with Crippen molar-refractivity contribution < 1.29 is 9.84 Å². The summed E-state index contributed by atoms with van der Waals surface area (Å²) < 4.78 is 5.16. The third-order valence-corrected chi connectivity index (χ3v) is 6.19. The van der Waals surface area contributed by atoms with Crippen molar-refractivity contribution in [3.05, 3.63) is 59.2 Å². The first-order valence-electron chi connectivity index (χ1n) is 10.3. The lowest BCUT2D eigenvalue weighted by molar-refractivity contribution is 0.139. The molecule has 3 atom stereocenters. The van der Waals surface area contributed by atoms with Gasteiger partial charge in [-0.2, -0.15) is 0 Å². The van der Waals surface area contributed by atoms with Gasteiger partial charge in [0.15, 0.2) is 11.5 Å². The molecule has 0 radical (unpaired) electrons. The van der Waals surface area contributed by atoms with E-state index in [1.807, 2.05) is 18.2 Å². The third-order valence-electron chi connectivity index (χ3n) is 6.19. The number of piperidine rings is 1. The van der Waals surface area contributed by atoms with Crippen molar-refractivity contribution in [2.24, 2.45) is 5.92 Å². The van der Waals surface area contributed by atoms with E-state index in [0.29, 0.717) is 23.6 Å². The maximum absolute atomic E-state index is 10.1. The SMILES string of the molecule is COc1ccc(CN2CCCC(C3NNCC3c3cccc(C)c3)C2)cc1O. The number of phenols is 1. The Kier molecular flexibility index (Phi) is 5.85. The molecule has 150 valence electrons. The molecule has 2 fully saturated rings. The van der Waals surface area contributed by atoms with Crippen molar-refractivity contribution in [1.82, 2.24) is 15.8 Å². The molecule has 5 heteroatoms. The number of phenolic OH excluding ortho intramolecular Hbond substituents is 1. The lowest BCUT2D eigenvalue weighted by Crippen LogP contribution is -2.46. The summed E-state index contributed by atoms with van der Waals surface area (Å²) in [6, 6.07) is 15.1. The maximum Gasteiger partial charge on any atom is 0.160 e. The molecule has 0 amide bonds. The minimum Gasteiger partial charge on any atom is -0.504 e. The van der Waals surface area contributed by atoms with Crippen LogP contribution in [-0.2, 0) is 6.54 Å². The second-order valence-corrected chi connectivity index (χ2v) is 8.22. The Hall–Kier alpha value is -2.08. The summed E-state index contributed by atoms with van der Waals surface area (Å²) >= 11 is 0. The van der Waals surface area contributed by atoms with Gasteiger partial charge in [-0.15, -0.1) is 0 Å². The van der Waals surface area contributed by atoms with Crippen LogP contribution in [0.3, 0.4) is 0 Å². The van der Waals surface area contributed by atoms with Crippen LogP contribution in [0.5, 0.6) is 11.5 Å². The van der Waals surface area contributed by atoms with E-state index in [-0.39, 0.29) is 5.75 Å². The highest BCUT2D eigenvalue weighted by Gasteiger charge is 2.36. The van der Waals surface area contributed by atoms with Crippen molar-refractivity contribution in [3.8, 4) is 11.5 Å². The van der Waals surface area contributed by atoms with Crippen LogP contribution in [0.1, 0.15) is 35.4 Å². The molecule has 2 saturated heterocycles. The number of hydrogen-bond donors (Lipinski definition) is 3. The number of likely N-dealkylation sites (tertiary alicyclic amines) is 1. The van der Waals surface area contributed by atoms with Crippen molar-refractivity contribution in [1.29, 1.82) is 0 Å². The summed E-state index contributed by atoms with van der Waals surface area (Å²) in [7, 11) is 1.58. The molecule has 3 unspecified atom stereocenters. The van der Waals surface area contributed by atoms with Crippen LogP contribution in [0.15, 0.2) is 42.5 Å². The van der Waals surface area contributed by atoms with Crippen LogP contribution < -0.4 is 15.6 Å². The van der Waals surface area contributed by atoms with Crippen LogP contribution in [0.2, 0.25) is 0 Å². The van der Waals surface area contributed by atoms with Gasteiger partial charge in [0.2, 0.25) is 0 Å². The Labute approximate surface area is 167 Å². The normalized spacial score (nSPS) is 25.7. The van der Waals surface area contributed by atoms with Gasteiger partial charge in [-0.25, -0.2) is 0 Å². The van der Waals surface area contributed by atoms with Gasteiger partial charge in [0.1, 0.15) is 0 Å². The molecule has 2 heterocycles. The van der Waals surface area contributed by atoms with Crippen molar-refractivity contribution in [2.45, 2.75) is 38.3 Å². The fraction of sp³-hybridized carbons (Fsp3) is 0.478. The summed E-state index contributed by atoms with van der Waals surface area (Å²) in [6.45, 7) is 6.20. The summed E-state index contributed by atoms with van der Waals surface area (Å²) in [5, 5.41) is 10.1. The fourth-order valence-corrected chi connectivity index (χ4v) is 4.81. The van der Waals surface area contributed by atoms with Gasteiger partial charge in [-0.1, -0.05) is 35.9 Å². The van der Waals surface area contributed by atoms with Gasteiger partial charge in [-0.3, -0.25) is 15.8 Å². The molecule has 5 nitrogen and oxygen atoms in total. The average molecular weight is 382 g/mol. The van der Waals surface area contributed by atoms with Crippen molar-refractivity contribution >= 4 is 0 Å². The Bertz CT molecular complexity index is 810. The summed E-state index contributed by atoms with van der Waals surface area (Å²) in [5.41, 5.74) is 10.9. The number of methoxy groups -OCH3 is 1. The van der Waals surface area contributed by atoms with E-state index in [2.05, 4.69) is 46.9 Å². The molecule has 4 rings (SSSR count). The molecular formula is C23H31N3O2. The van der Waals surface area contributed by atoms with Crippen molar-refractivity contribution in [2.75, 3.05) is 26.7 Å². The number of ether oxygens (including phenoxy) is 1. The molecular weight excluding hydrogens is 350 g/mol. The van der Waals surface area contributed by atoms with Gasteiger partial charge >= 0.3 is 0 Å². The minimum atomic E-state index is 0.217. The van der Waals surface area contributed by atoms with Crippen molar-refractivity contribution in [3.63, 3.8) is 0 Å². The standard InChI is InChI=1S/C23H31N3O2/c1-16-5-3-6-18(11-16)20-13-24-25-23(20)19-7-4-10-26(15-19)14-17-8-9-22(28-2)21(27)12-17/h3,5-6,8-9,11-12,19-20,23-25,27H,4,7,10,13-15H2,1-2H3. The molecule has 2 aromatic carbocycles. The maximum atomic E-state index is 10.1. The second-order valence-electron chi connectivity index (χ2n) is 8.22. The molecule has 0 bridgehead atoms. The van der Waals surface area contributed by atoms with E-state index in [9.17, 15) is 5.11 Å². The topological polar surface area (TPSA) is 56.8 Å². The predicted octanol–water partition coefficient (Wildman–Crippen LogP) is 3.18. The summed E-state index contributed by atoms with van der Waals surface area (Å²) in [6.07, 6.45) is 2.47. The monoisotopic (exact) mass is 381 g/mol. The first kappa shape index (κ1) is 19.2. The van der Waals surface area contributed by atoms with E-state index in [1.54, 1.807) is 7.11 Å². The fourth-order valence-electron chi connectivity index (χ4n) is 4.81. The molecule has 0 saturated carbocycles. The van der Waals surface area contributed by atoms with Gasteiger partial charge in [0.05, 0.1) is 7.11 Å². The largest absolute Gasteiger partial charge is 0.504 e. The number of nitrogens with one attached hydrogen (secondary N) is 2. The lowest BCUT2D eigenvalue weighted by Gasteiger charge is -2.37. The lowest BCUT2D eigenvalue weighted by atomic mass is 9.81. The Morgan fingerprint density at radius 1 is 1.21 bits per heavy atom. The highest BCUT2D eigenvalue weighted by Crippen LogP contribution is 2.33. The first-order valence-corrected chi connectivity index (χ1v) is 10.3. The smallest absolute Gasteiger partial charge is 0.160 e. The number of nitrogens with zero attached hydrogens (tertiary/aromatic N) is 1. The number of hydrazine groups is 1. The second kappa shape index (κ2) is 8.52. The molecule has 2 aliphatic heterocycles. The van der Waals surface area contributed by atoms with Crippen LogP contribution in [-0.4, -0.2) is 42.8 Å². The number of hydrogen-bond acceptors (Lipinski definition) is 5. The zero-order chi connectivity index (χ0) is 19.5. The highest BCUT2D eigenvalue weighted by molar-refractivity contribution is 5.41. The summed E-state index contributed by atoms with van der Waals surface area (Å²) in [5.74, 6) is 1.87. The zero-order valence-electron chi connectivity index (χ0n) is 16.8. The van der Waals surface area contributed by atoms with Crippen LogP contribution >= 0.6 is 0 Å².